The molecule has 146 valence electrons. The first-order valence-corrected chi connectivity index (χ1v) is 10.5. The van der Waals surface area contributed by atoms with Crippen molar-refractivity contribution in [2.24, 2.45) is 0 Å². The van der Waals surface area contributed by atoms with Crippen molar-refractivity contribution >= 4 is 11.8 Å². The Kier molecular flexibility index (Phi) is 5.91. The van der Waals surface area contributed by atoms with Gasteiger partial charge in [0.25, 0.3) is 0 Å². The first kappa shape index (κ1) is 19.2. The maximum atomic E-state index is 5.59. The molecule has 0 unspecified atom stereocenters. The molecule has 0 bridgehead atoms. The lowest BCUT2D eigenvalue weighted by molar-refractivity contribution is 0.340. The van der Waals surface area contributed by atoms with Crippen molar-refractivity contribution in [3.8, 4) is 22.8 Å². The van der Waals surface area contributed by atoms with Gasteiger partial charge in [0, 0.05) is 29.4 Å². The molecule has 29 heavy (non-hydrogen) atoms. The number of benzene rings is 2. The molecule has 0 aliphatic rings. The Balaban J connectivity index is 1.71. The van der Waals surface area contributed by atoms with Gasteiger partial charge in [0.2, 0.25) is 0 Å². The zero-order valence-electron chi connectivity index (χ0n) is 16.4. The molecule has 0 spiro atoms. The fourth-order valence-electron chi connectivity index (χ4n) is 3.06. The standard InChI is InChI=1S/C23H22N4OS/c1-3-28-21-10-8-20(9-11-21)27-22(18-12-14-24-15-13-18)25-26-23(27)29-16-19-7-5-4-6-17(19)2/h4-15H,3,16H2,1-2H3. The lowest BCUT2D eigenvalue weighted by Crippen LogP contribution is -2.00. The molecule has 0 saturated heterocycles. The summed E-state index contributed by atoms with van der Waals surface area (Å²) < 4.78 is 7.68. The lowest BCUT2D eigenvalue weighted by Gasteiger charge is -2.12. The van der Waals surface area contributed by atoms with E-state index in [1.54, 1.807) is 24.2 Å². The Bertz CT molecular complexity index is 1080. The van der Waals surface area contributed by atoms with E-state index in [-0.39, 0.29) is 0 Å². The molecule has 0 aliphatic carbocycles. The summed E-state index contributed by atoms with van der Waals surface area (Å²) in [5.74, 6) is 2.48. The van der Waals surface area contributed by atoms with Gasteiger partial charge in [0.05, 0.1) is 6.61 Å². The Morgan fingerprint density at radius 2 is 1.69 bits per heavy atom. The minimum Gasteiger partial charge on any atom is -0.494 e. The van der Waals surface area contributed by atoms with Crippen LogP contribution in [0.1, 0.15) is 18.1 Å². The van der Waals surface area contributed by atoms with E-state index in [2.05, 4.69) is 50.9 Å². The average molecular weight is 403 g/mol. The SMILES string of the molecule is CCOc1ccc(-n2c(SCc3ccccc3C)nnc2-c2ccncc2)cc1. The van der Waals surface area contributed by atoms with E-state index in [0.29, 0.717) is 6.61 Å². The van der Waals surface area contributed by atoms with Gasteiger partial charge in [-0.15, -0.1) is 10.2 Å². The van der Waals surface area contributed by atoms with Crippen molar-refractivity contribution in [3.05, 3.63) is 84.2 Å². The van der Waals surface area contributed by atoms with Crippen LogP contribution in [0.15, 0.2) is 78.2 Å². The van der Waals surface area contributed by atoms with Gasteiger partial charge in [-0.25, -0.2) is 0 Å². The second-order valence-corrected chi connectivity index (χ2v) is 7.46. The van der Waals surface area contributed by atoms with Crippen molar-refractivity contribution < 1.29 is 4.74 Å². The van der Waals surface area contributed by atoms with Gasteiger partial charge < -0.3 is 4.74 Å². The van der Waals surface area contributed by atoms with Crippen LogP contribution in [0.5, 0.6) is 5.75 Å². The predicted molar refractivity (Wildman–Crippen MR) is 116 cm³/mol. The molecule has 4 aromatic rings. The summed E-state index contributed by atoms with van der Waals surface area (Å²) in [6, 6.07) is 20.4. The van der Waals surface area contributed by atoms with E-state index in [1.165, 1.54) is 11.1 Å². The molecule has 5 nitrogen and oxygen atoms in total. The molecule has 2 aromatic carbocycles. The fourth-order valence-corrected chi connectivity index (χ4v) is 4.08. The number of nitrogens with zero attached hydrogens (tertiary/aromatic N) is 4. The molecule has 0 N–H and O–H groups in total. The smallest absolute Gasteiger partial charge is 0.196 e. The number of aromatic nitrogens is 4. The summed E-state index contributed by atoms with van der Waals surface area (Å²) in [5, 5.41) is 9.84. The summed E-state index contributed by atoms with van der Waals surface area (Å²) >= 11 is 1.68. The molecule has 4 rings (SSSR count). The normalized spacial score (nSPS) is 10.8. The highest BCUT2D eigenvalue weighted by Gasteiger charge is 2.16. The third-order valence-electron chi connectivity index (χ3n) is 4.60. The highest BCUT2D eigenvalue weighted by atomic mass is 32.2. The largest absolute Gasteiger partial charge is 0.494 e. The number of ether oxygens (including phenoxy) is 1. The quantitative estimate of drug-likeness (QED) is 0.391. The highest BCUT2D eigenvalue weighted by molar-refractivity contribution is 7.98. The summed E-state index contributed by atoms with van der Waals surface area (Å²) in [6.07, 6.45) is 3.54. The van der Waals surface area contributed by atoms with Crippen molar-refractivity contribution in [1.29, 1.82) is 0 Å². The zero-order chi connectivity index (χ0) is 20.1. The number of hydrogen-bond donors (Lipinski definition) is 0. The van der Waals surface area contributed by atoms with Crippen LogP contribution in [0.3, 0.4) is 0 Å². The van der Waals surface area contributed by atoms with Gasteiger partial charge in [-0.2, -0.15) is 0 Å². The van der Waals surface area contributed by atoms with Crippen LogP contribution in [0.2, 0.25) is 0 Å². The minimum absolute atomic E-state index is 0.645. The Hall–Kier alpha value is -3.12. The number of pyridine rings is 1. The van der Waals surface area contributed by atoms with Gasteiger partial charge >= 0.3 is 0 Å². The van der Waals surface area contributed by atoms with E-state index in [1.807, 2.05) is 43.3 Å². The maximum absolute atomic E-state index is 5.59. The van der Waals surface area contributed by atoms with Crippen molar-refractivity contribution in [2.45, 2.75) is 24.8 Å². The second kappa shape index (κ2) is 8.92. The molecule has 0 atom stereocenters. The van der Waals surface area contributed by atoms with Crippen LogP contribution in [-0.2, 0) is 5.75 Å². The summed E-state index contributed by atoms with van der Waals surface area (Å²) in [7, 11) is 0. The maximum Gasteiger partial charge on any atom is 0.196 e. The first-order valence-electron chi connectivity index (χ1n) is 9.52. The van der Waals surface area contributed by atoms with E-state index >= 15 is 0 Å². The van der Waals surface area contributed by atoms with Gasteiger partial charge in [0.15, 0.2) is 11.0 Å². The number of hydrogen-bond acceptors (Lipinski definition) is 5. The van der Waals surface area contributed by atoms with Crippen LogP contribution in [0.25, 0.3) is 17.1 Å². The third kappa shape index (κ3) is 4.32. The molecule has 0 aliphatic heterocycles. The van der Waals surface area contributed by atoms with Gasteiger partial charge in [-0.1, -0.05) is 36.0 Å². The fraction of sp³-hybridized carbons (Fsp3) is 0.174. The van der Waals surface area contributed by atoms with E-state index in [0.717, 1.165) is 33.7 Å². The number of aryl methyl sites for hydroxylation is 1. The first-order chi connectivity index (χ1) is 14.3. The average Bonchev–Trinajstić information content (AvgIpc) is 3.18. The number of thioether (sulfide) groups is 1. The van der Waals surface area contributed by atoms with E-state index < -0.39 is 0 Å². The Morgan fingerprint density at radius 1 is 0.931 bits per heavy atom. The summed E-state index contributed by atoms with van der Waals surface area (Å²) in [4.78, 5) is 4.12. The molecule has 0 amide bonds. The van der Waals surface area contributed by atoms with Gasteiger partial charge in [-0.3, -0.25) is 9.55 Å². The monoisotopic (exact) mass is 402 g/mol. The topological polar surface area (TPSA) is 52.8 Å². The molecule has 0 radical (unpaired) electrons. The van der Waals surface area contributed by atoms with E-state index in [9.17, 15) is 0 Å². The molecule has 2 aromatic heterocycles. The van der Waals surface area contributed by atoms with E-state index in [4.69, 9.17) is 4.74 Å². The van der Waals surface area contributed by atoms with Crippen LogP contribution >= 0.6 is 11.8 Å². The van der Waals surface area contributed by atoms with Crippen LogP contribution < -0.4 is 4.74 Å². The Labute approximate surface area is 174 Å². The molecule has 6 heteroatoms. The van der Waals surface area contributed by atoms with Gasteiger partial charge in [-0.05, 0) is 61.4 Å². The highest BCUT2D eigenvalue weighted by Crippen LogP contribution is 2.30. The second-order valence-electron chi connectivity index (χ2n) is 6.52. The molecule has 2 heterocycles. The Morgan fingerprint density at radius 3 is 2.41 bits per heavy atom. The molecular weight excluding hydrogens is 380 g/mol. The van der Waals surface area contributed by atoms with Crippen molar-refractivity contribution in [1.82, 2.24) is 19.7 Å². The molecule has 0 saturated carbocycles. The number of rotatable bonds is 7. The van der Waals surface area contributed by atoms with Crippen LogP contribution in [0.4, 0.5) is 0 Å². The van der Waals surface area contributed by atoms with Crippen molar-refractivity contribution in [2.75, 3.05) is 6.61 Å². The predicted octanol–water partition coefficient (Wildman–Crippen LogP) is 5.33. The minimum atomic E-state index is 0.645. The van der Waals surface area contributed by atoms with Crippen LogP contribution in [0, 0.1) is 6.92 Å². The zero-order valence-corrected chi connectivity index (χ0v) is 17.3. The molecule has 0 fully saturated rings. The van der Waals surface area contributed by atoms with Crippen LogP contribution in [-0.4, -0.2) is 26.4 Å². The third-order valence-corrected chi connectivity index (χ3v) is 5.57. The van der Waals surface area contributed by atoms with Gasteiger partial charge in [0.1, 0.15) is 5.75 Å². The summed E-state index contributed by atoms with van der Waals surface area (Å²) in [5.41, 5.74) is 4.55. The molecular formula is C23H22N4OS. The summed E-state index contributed by atoms with van der Waals surface area (Å²) in [6.45, 7) is 4.76. The lowest BCUT2D eigenvalue weighted by atomic mass is 10.1. The van der Waals surface area contributed by atoms with Crippen molar-refractivity contribution in [3.63, 3.8) is 0 Å².